The maximum atomic E-state index is 13.1. The Morgan fingerprint density at radius 1 is 0.906 bits per heavy atom. The minimum atomic E-state index is -0.779. The van der Waals surface area contributed by atoms with E-state index in [1.165, 1.54) is 39.5 Å². The van der Waals surface area contributed by atoms with Crippen LogP contribution in [0.25, 0.3) is 5.69 Å². The van der Waals surface area contributed by atoms with E-state index in [4.69, 9.17) is 9.47 Å². The molecular weight excluding hydrogens is 418 g/mol. The lowest BCUT2D eigenvalue weighted by atomic mass is 10.1. The number of carbonyl (C=O) groups is 3. The quantitative estimate of drug-likeness (QED) is 0.581. The minimum absolute atomic E-state index is 0.00357. The number of aromatic nitrogens is 2. The molecule has 0 saturated heterocycles. The topological polar surface area (TPSA) is 126 Å². The number of hydrogen-bond acceptors (Lipinski definition) is 8. The van der Waals surface area contributed by atoms with E-state index in [-0.39, 0.29) is 28.3 Å². The summed E-state index contributed by atoms with van der Waals surface area (Å²) in [5, 5.41) is 6.67. The Kier molecular flexibility index (Phi) is 6.64. The molecule has 0 spiro atoms. The first kappa shape index (κ1) is 22.2. The van der Waals surface area contributed by atoms with Gasteiger partial charge in [0.15, 0.2) is 11.4 Å². The van der Waals surface area contributed by atoms with Crippen molar-refractivity contribution in [3.63, 3.8) is 0 Å². The summed E-state index contributed by atoms with van der Waals surface area (Å²) in [6.07, 6.45) is 0. The highest BCUT2D eigenvalue weighted by Gasteiger charge is 2.22. The van der Waals surface area contributed by atoms with Crippen molar-refractivity contribution in [3.8, 4) is 11.4 Å². The molecule has 2 aromatic carbocycles. The first-order chi connectivity index (χ1) is 15.4. The average Bonchev–Trinajstić information content (AvgIpc) is 2.83. The number of nitrogens with one attached hydrogen (secondary N) is 1. The Bertz CT molecular complexity index is 1240. The smallest absolute Gasteiger partial charge is 0.339 e. The van der Waals surface area contributed by atoms with Gasteiger partial charge in [-0.1, -0.05) is 18.2 Å². The van der Waals surface area contributed by atoms with Gasteiger partial charge in [0, 0.05) is 0 Å². The van der Waals surface area contributed by atoms with Crippen molar-refractivity contribution in [3.05, 3.63) is 81.8 Å². The predicted molar refractivity (Wildman–Crippen MR) is 113 cm³/mol. The fraction of sp³-hybridized carbons (Fsp3) is 0.136. The zero-order valence-corrected chi connectivity index (χ0v) is 17.4. The second kappa shape index (κ2) is 9.56. The average molecular weight is 437 g/mol. The van der Waals surface area contributed by atoms with E-state index >= 15 is 0 Å². The van der Waals surface area contributed by atoms with Crippen molar-refractivity contribution in [1.82, 2.24) is 9.78 Å². The maximum absolute atomic E-state index is 13.1. The van der Waals surface area contributed by atoms with E-state index in [1.54, 1.807) is 30.3 Å². The van der Waals surface area contributed by atoms with Crippen LogP contribution >= 0.6 is 0 Å². The molecule has 1 N–H and O–H groups in total. The largest absolute Gasteiger partial charge is 0.494 e. The second-order valence-corrected chi connectivity index (χ2v) is 6.34. The highest BCUT2D eigenvalue weighted by molar-refractivity contribution is 6.09. The Morgan fingerprint density at radius 2 is 1.59 bits per heavy atom. The van der Waals surface area contributed by atoms with Crippen LogP contribution in [0.5, 0.6) is 5.75 Å². The van der Waals surface area contributed by atoms with Gasteiger partial charge in [-0.3, -0.25) is 9.59 Å². The van der Waals surface area contributed by atoms with Crippen molar-refractivity contribution in [2.75, 3.05) is 26.6 Å². The van der Waals surface area contributed by atoms with Gasteiger partial charge < -0.3 is 19.5 Å². The zero-order chi connectivity index (χ0) is 23.3. The van der Waals surface area contributed by atoms with Crippen molar-refractivity contribution in [2.45, 2.75) is 0 Å². The summed E-state index contributed by atoms with van der Waals surface area (Å²) in [4.78, 5) is 49.5. The molecule has 0 fully saturated rings. The van der Waals surface area contributed by atoms with Gasteiger partial charge in [-0.15, -0.1) is 0 Å². The van der Waals surface area contributed by atoms with Crippen LogP contribution in [0.1, 0.15) is 31.2 Å². The Morgan fingerprint density at radius 3 is 2.22 bits per heavy atom. The number of para-hydroxylation sites is 1. The third-order valence-corrected chi connectivity index (χ3v) is 4.43. The van der Waals surface area contributed by atoms with E-state index < -0.39 is 23.4 Å². The number of methoxy groups -OCH3 is 3. The van der Waals surface area contributed by atoms with Crippen LogP contribution in [-0.4, -0.2) is 49.0 Å². The van der Waals surface area contributed by atoms with Gasteiger partial charge in [-0.05, 0) is 30.3 Å². The molecule has 1 heterocycles. The molecule has 0 saturated carbocycles. The van der Waals surface area contributed by atoms with Crippen molar-refractivity contribution in [2.24, 2.45) is 0 Å². The number of esters is 2. The number of anilines is 1. The molecule has 3 rings (SSSR count). The summed E-state index contributed by atoms with van der Waals surface area (Å²) in [5.41, 5.74) is -0.181. The Hall–Kier alpha value is -4.47. The molecule has 0 aliphatic heterocycles. The summed E-state index contributed by atoms with van der Waals surface area (Å²) in [6.45, 7) is 0. The third-order valence-electron chi connectivity index (χ3n) is 4.43. The fourth-order valence-corrected chi connectivity index (χ4v) is 2.87. The van der Waals surface area contributed by atoms with Crippen LogP contribution in [0.3, 0.4) is 0 Å². The molecule has 0 aliphatic carbocycles. The first-order valence-electron chi connectivity index (χ1n) is 9.25. The van der Waals surface area contributed by atoms with Crippen molar-refractivity contribution >= 4 is 23.5 Å². The maximum Gasteiger partial charge on any atom is 0.339 e. The molecule has 164 valence electrons. The van der Waals surface area contributed by atoms with Crippen LogP contribution in [-0.2, 0) is 9.47 Å². The van der Waals surface area contributed by atoms with Gasteiger partial charge >= 0.3 is 11.9 Å². The predicted octanol–water partition coefficient (Wildman–Crippen LogP) is 2.07. The van der Waals surface area contributed by atoms with Crippen LogP contribution in [0.15, 0.2) is 59.4 Å². The molecule has 0 bridgehead atoms. The van der Waals surface area contributed by atoms with E-state index in [0.717, 1.165) is 10.7 Å². The van der Waals surface area contributed by atoms with Crippen LogP contribution in [0, 0.1) is 0 Å². The van der Waals surface area contributed by atoms with Gasteiger partial charge in [-0.2, -0.15) is 9.78 Å². The number of hydrogen-bond donors (Lipinski definition) is 1. The van der Waals surface area contributed by atoms with Gasteiger partial charge in [0.2, 0.25) is 0 Å². The number of rotatable bonds is 6. The monoisotopic (exact) mass is 437 g/mol. The number of ether oxygens (including phenoxy) is 3. The molecule has 0 atom stereocenters. The van der Waals surface area contributed by atoms with Crippen LogP contribution in [0.4, 0.5) is 5.69 Å². The molecular formula is C22H19N3O7. The minimum Gasteiger partial charge on any atom is -0.494 e. The Balaban J connectivity index is 2.07. The SMILES string of the molecule is COC(=O)c1ccc(C(=O)OC)c(NC(=O)c2nn(-c3ccccc3)c(=O)cc2OC)c1. The number of benzene rings is 2. The van der Waals surface area contributed by atoms with Crippen LogP contribution in [0.2, 0.25) is 0 Å². The van der Waals surface area contributed by atoms with Crippen molar-refractivity contribution < 1.29 is 28.6 Å². The molecule has 0 unspecified atom stereocenters. The lowest BCUT2D eigenvalue weighted by Crippen LogP contribution is -2.26. The summed E-state index contributed by atoms with van der Waals surface area (Å²) in [7, 11) is 3.68. The lowest BCUT2D eigenvalue weighted by molar-refractivity contribution is 0.0587. The summed E-state index contributed by atoms with van der Waals surface area (Å²) in [5.74, 6) is -2.24. The van der Waals surface area contributed by atoms with E-state index in [1.807, 2.05) is 0 Å². The molecule has 10 heteroatoms. The van der Waals surface area contributed by atoms with Gasteiger partial charge in [-0.25, -0.2) is 9.59 Å². The van der Waals surface area contributed by atoms with Gasteiger partial charge in [0.1, 0.15) is 0 Å². The van der Waals surface area contributed by atoms with Crippen LogP contribution < -0.4 is 15.6 Å². The van der Waals surface area contributed by atoms with Crippen molar-refractivity contribution in [1.29, 1.82) is 0 Å². The first-order valence-corrected chi connectivity index (χ1v) is 9.25. The number of carbonyl (C=O) groups excluding carboxylic acids is 3. The number of nitrogens with zero attached hydrogens (tertiary/aromatic N) is 2. The molecule has 32 heavy (non-hydrogen) atoms. The van der Waals surface area contributed by atoms with E-state index in [2.05, 4.69) is 15.2 Å². The summed E-state index contributed by atoms with van der Waals surface area (Å²) < 4.78 is 15.6. The standard InChI is InChI=1S/C22H19N3O7/c1-30-17-12-18(26)25(14-7-5-4-6-8-14)24-19(17)20(27)23-16-11-13(21(28)31-2)9-10-15(16)22(29)32-3/h4-12H,1-3H3,(H,23,27). The summed E-state index contributed by atoms with van der Waals surface area (Å²) >= 11 is 0. The lowest BCUT2D eigenvalue weighted by Gasteiger charge is -2.13. The highest BCUT2D eigenvalue weighted by Crippen LogP contribution is 2.22. The molecule has 10 nitrogen and oxygen atoms in total. The highest BCUT2D eigenvalue weighted by atomic mass is 16.5. The molecule has 3 aromatic rings. The van der Waals surface area contributed by atoms with Gasteiger partial charge in [0.25, 0.3) is 11.5 Å². The molecule has 1 aromatic heterocycles. The third kappa shape index (κ3) is 4.48. The van der Waals surface area contributed by atoms with Gasteiger partial charge in [0.05, 0.1) is 49.9 Å². The zero-order valence-electron chi connectivity index (χ0n) is 17.4. The van der Waals surface area contributed by atoms with E-state index in [9.17, 15) is 19.2 Å². The number of amides is 1. The molecule has 0 aliphatic rings. The molecule has 1 amide bonds. The summed E-state index contributed by atoms with van der Waals surface area (Å²) in [6, 6.07) is 13.6. The van der Waals surface area contributed by atoms with E-state index in [0.29, 0.717) is 5.69 Å². The fourth-order valence-electron chi connectivity index (χ4n) is 2.87. The second-order valence-electron chi connectivity index (χ2n) is 6.34. The molecule has 0 radical (unpaired) electrons. The normalized spacial score (nSPS) is 10.2. The Labute approximate surface area is 182 Å².